The largest absolute Gasteiger partial charge is 0.478 e. The number of carbonyl (C=O) groups is 1. The molecule has 0 saturated heterocycles. The van der Waals surface area contributed by atoms with Gasteiger partial charge in [0.1, 0.15) is 0 Å². The summed E-state index contributed by atoms with van der Waals surface area (Å²) in [4.78, 5) is 17.7. The fourth-order valence-corrected chi connectivity index (χ4v) is 5.56. The third kappa shape index (κ3) is 5.57. The van der Waals surface area contributed by atoms with E-state index in [1.54, 1.807) is 25.5 Å². The van der Waals surface area contributed by atoms with Crippen molar-refractivity contribution in [2.75, 3.05) is 11.9 Å². The summed E-state index contributed by atoms with van der Waals surface area (Å²) in [6, 6.07) is 24.2. The Balaban J connectivity index is 1.56. The lowest BCUT2D eigenvalue weighted by molar-refractivity contribution is -0.131. The standard InChI is InChI=1S/C33H35N3O2/c1-22-17-28-19-27(29(20-34)21-35-2)12-15-31(28)33(26-10-5-23(6-11-26)9-16-32(37)38)36(22)30-13-7-25(8-14-30)18-24-3-4-24/h5-16,19-22,24,33H,3-4,17-18,34H2,1-2H3,(H,37,38)/b16-9+,29-20?,35-21?. The first-order valence-electron chi connectivity index (χ1n) is 13.3. The topological polar surface area (TPSA) is 78.9 Å². The molecule has 5 rings (SSSR count). The number of anilines is 1. The summed E-state index contributed by atoms with van der Waals surface area (Å²) in [5.74, 6) is -0.0854. The van der Waals surface area contributed by atoms with Gasteiger partial charge in [-0.2, -0.15) is 0 Å². The lowest BCUT2D eigenvalue weighted by atomic mass is 9.83. The molecule has 0 radical (unpaired) electrons. The SMILES string of the molecule is CN=CC(=CN)c1ccc2c(c1)CC(C)N(c1ccc(CC3CC3)cc1)C2c1ccc(/C=C/C(=O)O)cc1. The van der Waals surface area contributed by atoms with Crippen molar-refractivity contribution in [3.63, 3.8) is 0 Å². The van der Waals surface area contributed by atoms with Gasteiger partial charge in [0.05, 0.1) is 6.04 Å². The molecule has 3 aromatic carbocycles. The van der Waals surface area contributed by atoms with Crippen LogP contribution in [0.5, 0.6) is 0 Å². The number of nitrogens with zero attached hydrogens (tertiary/aromatic N) is 2. The molecule has 1 aliphatic carbocycles. The van der Waals surface area contributed by atoms with E-state index in [4.69, 9.17) is 10.8 Å². The van der Waals surface area contributed by atoms with E-state index in [1.165, 1.54) is 53.3 Å². The van der Waals surface area contributed by atoms with Crippen molar-refractivity contribution < 1.29 is 9.90 Å². The highest BCUT2D eigenvalue weighted by atomic mass is 16.4. The quantitative estimate of drug-likeness (QED) is 0.279. The van der Waals surface area contributed by atoms with Crippen molar-refractivity contribution in [3.8, 4) is 0 Å². The van der Waals surface area contributed by atoms with Crippen molar-refractivity contribution in [2.45, 2.75) is 44.7 Å². The molecule has 38 heavy (non-hydrogen) atoms. The first kappa shape index (κ1) is 25.5. The predicted molar refractivity (Wildman–Crippen MR) is 156 cm³/mol. The number of carboxylic acids is 1. The number of allylic oxidation sites excluding steroid dienone is 1. The van der Waals surface area contributed by atoms with Gasteiger partial charge in [-0.25, -0.2) is 4.79 Å². The van der Waals surface area contributed by atoms with E-state index in [2.05, 4.69) is 71.4 Å². The van der Waals surface area contributed by atoms with Gasteiger partial charge in [-0.15, -0.1) is 0 Å². The highest BCUT2D eigenvalue weighted by molar-refractivity contribution is 6.09. The van der Waals surface area contributed by atoms with Crippen LogP contribution in [0.25, 0.3) is 11.6 Å². The van der Waals surface area contributed by atoms with Crippen LogP contribution in [0.15, 0.2) is 84.0 Å². The minimum atomic E-state index is -0.949. The molecule has 194 valence electrons. The molecular formula is C33H35N3O2. The summed E-state index contributed by atoms with van der Waals surface area (Å²) in [7, 11) is 1.75. The molecule has 0 bridgehead atoms. The number of benzene rings is 3. The summed E-state index contributed by atoms with van der Waals surface area (Å²) < 4.78 is 0. The van der Waals surface area contributed by atoms with E-state index >= 15 is 0 Å². The highest BCUT2D eigenvalue weighted by Gasteiger charge is 2.34. The minimum Gasteiger partial charge on any atom is -0.478 e. The maximum atomic E-state index is 11.0. The summed E-state index contributed by atoms with van der Waals surface area (Å²) >= 11 is 0. The Labute approximate surface area is 225 Å². The van der Waals surface area contributed by atoms with Gasteiger partial charge in [0, 0.05) is 42.8 Å². The molecule has 0 aromatic heterocycles. The molecule has 1 aliphatic heterocycles. The second-order valence-corrected chi connectivity index (χ2v) is 10.4. The zero-order valence-electron chi connectivity index (χ0n) is 22.0. The summed E-state index contributed by atoms with van der Waals surface area (Å²) in [5.41, 5.74) is 15.1. The molecule has 2 aliphatic rings. The molecule has 0 amide bonds. The van der Waals surface area contributed by atoms with Crippen molar-refractivity contribution in [1.29, 1.82) is 0 Å². The molecule has 1 fully saturated rings. The number of nitrogens with two attached hydrogens (primary N) is 1. The van der Waals surface area contributed by atoms with Crippen LogP contribution in [-0.4, -0.2) is 30.4 Å². The summed E-state index contributed by atoms with van der Waals surface area (Å²) in [6.45, 7) is 2.29. The van der Waals surface area contributed by atoms with Crippen LogP contribution in [-0.2, 0) is 17.6 Å². The molecule has 1 heterocycles. The van der Waals surface area contributed by atoms with E-state index in [1.807, 2.05) is 12.1 Å². The number of carboxylic acid groups (broad SMARTS) is 1. The Morgan fingerprint density at radius 3 is 2.45 bits per heavy atom. The van der Waals surface area contributed by atoms with Crippen LogP contribution >= 0.6 is 0 Å². The van der Waals surface area contributed by atoms with E-state index in [0.29, 0.717) is 0 Å². The molecule has 5 heteroatoms. The van der Waals surface area contributed by atoms with Gasteiger partial charge in [0.2, 0.25) is 0 Å². The number of fused-ring (bicyclic) bond motifs is 1. The Kier molecular flexibility index (Phi) is 7.45. The summed E-state index contributed by atoms with van der Waals surface area (Å²) in [6.07, 6.45) is 11.0. The third-order valence-electron chi connectivity index (χ3n) is 7.61. The number of aliphatic imine (C=N–C) groups is 1. The number of hydrogen-bond acceptors (Lipinski definition) is 4. The molecule has 0 spiro atoms. The molecule has 2 unspecified atom stereocenters. The van der Waals surface area contributed by atoms with Crippen molar-refractivity contribution in [1.82, 2.24) is 0 Å². The van der Waals surface area contributed by atoms with Crippen LogP contribution < -0.4 is 10.6 Å². The van der Waals surface area contributed by atoms with Crippen molar-refractivity contribution in [3.05, 3.63) is 112 Å². The lowest BCUT2D eigenvalue weighted by Crippen LogP contribution is -2.43. The molecule has 3 aromatic rings. The number of rotatable bonds is 8. The fraction of sp³-hybridized carbons (Fsp3) is 0.273. The molecule has 2 atom stereocenters. The van der Waals surface area contributed by atoms with E-state index in [0.717, 1.165) is 29.0 Å². The maximum absolute atomic E-state index is 11.0. The molecule has 1 saturated carbocycles. The van der Waals surface area contributed by atoms with Gasteiger partial charge >= 0.3 is 5.97 Å². The number of hydrogen-bond donors (Lipinski definition) is 2. The number of aliphatic carboxylic acids is 1. The Morgan fingerprint density at radius 1 is 1.08 bits per heavy atom. The predicted octanol–water partition coefficient (Wildman–Crippen LogP) is 6.28. The van der Waals surface area contributed by atoms with Crippen LogP contribution in [0.1, 0.15) is 59.2 Å². The van der Waals surface area contributed by atoms with Crippen LogP contribution in [0.2, 0.25) is 0 Å². The second-order valence-electron chi connectivity index (χ2n) is 10.4. The summed E-state index contributed by atoms with van der Waals surface area (Å²) in [5, 5.41) is 9.00. The Hall–Kier alpha value is -4.12. The van der Waals surface area contributed by atoms with E-state index < -0.39 is 5.97 Å². The zero-order valence-corrected chi connectivity index (χ0v) is 22.0. The third-order valence-corrected chi connectivity index (χ3v) is 7.61. The van der Waals surface area contributed by atoms with Crippen LogP contribution in [0.4, 0.5) is 5.69 Å². The minimum absolute atomic E-state index is 0.0275. The average Bonchev–Trinajstić information content (AvgIpc) is 3.74. The monoisotopic (exact) mass is 505 g/mol. The van der Waals surface area contributed by atoms with E-state index in [-0.39, 0.29) is 12.1 Å². The highest BCUT2D eigenvalue weighted by Crippen LogP contribution is 2.42. The van der Waals surface area contributed by atoms with Crippen LogP contribution in [0, 0.1) is 5.92 Å². The lowest BCUT2D eigenvalue weighted by Gasteiger charge is -2.44. The van der Waals surface area contributed by atoms with Gasteiger partial charge < -0.3 is 15.7 Å². The molecule has 5 nitrogen and oxygen atoms in total. The van der Waals surface area contributed by atoms with Gasteiger partial charge in [-0.3, -0.25) is 4.99 Å². The van der Waals surface area contributed by atoms with Gasteiger partial charge in [0.15, 0.2) is 0 Å². The zero-order chi connectivity index (χ0) is 26.6. The Bertz CT molecular complexity index is 1380. The van der Waals surface area contributed by atoms with Gasteiger partial charge in [-0.1, -0.05) is 54.6 Å². The van der Waals surface area contributed by atoms with Gasteiger partial charge in [0.25, 0.3) is 0 Å². The fourth-order valence-electron chi connectivity index (χ4n) is 5.56. The average molecular weight is 506 g/mol. The van der Waals surface area contributed by atoms with Crippen LogP contribution in [0.3, 0.4) is 0 Å². The maximum Gasteiger partial charge on any atom is 0.328 e. The second kappa shape index (κ2) is 11.1. The van der Waals surface area contributed by atoms with Gasteiger partial charge in [-0.05, 0) is 90.1 Å². The first-order chi connectivity index (χ1) is 18.5. The smallest absolute Gasteiger partial charge is 0.328 e. The normalized spacial score (nSPS) is 19.7. The van der Waals surface area contributed by atoms with E-state index in [9.17, 15) is 4.79 Å². The Morgan fingerprint density at radius 2 is 1.82 bits per heavy atom. The van der Waals surface area contributed by atoms with Crippen molar-refractivity contribution in [2.24, 2.45) is 16.6 Å². The molecule has 3 N–H and O–H groups in total. The first-order valence-corrected chi connectivity index (χ1v) is 13.3. The van der Waals surface area contributed by atoms with Crippen molar-refractivity contribution >= 4 is 29.5 Å². The molecular weight excluding hydrogens is 470 g/mol.